The van der Waals surface area contributed by atoms with Crippen molar-refractivity contribution in [1.82, 2.24) is 0 Å². The second-order valence-corrected chi connectivity index (χ2v) is 6.93. The first-order chi connectivity index (χ1) is 12.6. The first kappa shape index (κ1) is 18.2. The molecule has 134 valence electrons. The summed E-state index contributed by atoms with van der Waals surface area (Å²) in [5.74, 6) is -0.492. The number of thioether (sulfide) groups is 1. The maximum Gasteiger partial charge on any atom is 0.316 e. The number of ether oxygens (including phenoxy) is 1. The standard InChI is InChI=1S/C20H19NO4S/c22-18(13-25-20(24)14-26-17-8-2-1-3-9-17)15-6-4-7-16(12-15)21-11-5-10-19(21)23/h1-4,6-9,12H,5,10-11,13-14H2. The molecule has 1 amide bonds. The number of rotatable bonds is 7. The molecule has 5 nitrogen and oxygen atoms in total. The zero-order chi connectivity index (χ0) is 18.4. The Hall–Kier alpha value is -2.60. The van der Waals surface area contributed by atoms with E-state index in [4.69, 9.17) is 4.74 Å². The summed E-state index contributed by atoms with van der Waals surface area (Å²) in [6.45, 7) is 0.369. The molecule has 0 bridgehead atoms. The summed E-state index contributed by atoms with van der Waals surface area (Å²) in [5, 5.41) is 0. The van der Waals surface area contributed by atoms with Crippen LogP contribution in [0.15, 0.2) is 59.5 Å². The van der Waals surface area contributed by atoms with Crippen molar-refractivity contribution in [3.05, 3.63) is 60.2 Å². The zero-order valence-electron chi connectivity index (χ0n) is 14.2. The molecule has 26 heavy (non-hydrogen) atoms. The third kappa shape index (κ3) is 4.73. The fraction of sp³-hybridized carbons (Fsp3) is 0.250. The molecule has 0 N–H and O–H groups in total. The van der Waals surface area contributed by atoms with Gasteiger partial charge in [-0.05, 0) is 30.7 Å². The van der Waals surface area contributed by atoms with E-state index in [0.717, 1.165) is 11.3 Å². The monoisotopic (exact) mass is 369 g/mol. The number of carbonyl (C=O) groups excluding carboxylic acids is 3. The van der Waals surface area contributed by atoms with Crippen LogP contribution in [0.4, 0.5) is 5.69 Å². The van der Waals surface area contributed by atoms with Crippen LogP contribution in [0.5, 0.6) is 0 Å². The van der Waals surface area contributed by atoms with Crippen molar-refractivity contribution in [2.75, 3.05) is 23.8 Å². The van der Waals surface area contributed by atoms with Crippen LogP contribution in [0.1, 0.15) is 23.2 Å². The number of esters is 1. The Morgan fingerprint density at radius 1 is 1.08 bits per heavy atom. The van der Waals surface area contributed by atoms with Gasteiger partial charge in [0.05, 0.1) is 5.75 Å². The highest BCUT2D eigenvalue weighted by Crippen LogP contribution is 2.22. The molecule has 0 radical (unpaired) electrons. The Bertz CT molecular complexity index is 806. The first-order valence-corrected chi connectivity index (χ1v) is 9.39. The third-order valence-corrected chi connectivity index (χ3v) is 5.00. The average molecular weight is 369 g/mol. The lowest BCUT2D eigenvalue weighted by atomic mass is 10.1. The van der Waals surface area contributed by atoms with E-state index in [1.807, 2.05) is 36.4 Å². The first-order valence-electron chi connectivity index (χ1n) is 8.40. The number of Topliss-reactive ketones (excluding diaryl/α,β-unsaturated/α-hetero) is 1. The average Bonchev–Trinajstić information content (AvgIpc) is 3.11. The van der Waals surface area contributed by atoms with Crippen molar-refractivity contribution in [1.29, 1.82) is 0 Å². The Kier molecular flexibility index (Phi) is 6.07. The zero-order valence-corrected chi connectivity index (χ0v) is 15.0. The highest BCUT2D eigenvalue weighted by Gasteiger charge is 2.22. The molecule has 0 spiro atoms. The van der Waals surface area contributed by atoms with Gasteiger partial charge in [0, 0.05) is 29.1 Å². The lowest BCUT2D eigenvalue weighted by Crippen LogP contribution is -2.24. The molecule has 0 atom stereocenters. The molecule has 3 rings (SSSR count). The second-order valence-electron chi connectivity index (χ2n) is 5.88. The van der Waals surface area contributed by atoms with Gasteiger partial charge in [0.2, 0.25) is 5.91 Å². The van der Waals surface area contributed by atoms with Gasteiger partial charge >= 0.3 is 5.97 Å². The van der Waals surface area contributed by atoms with E-state index in [2.05, 4.69) is 0 Å². The van der Waals surface area contributed by atoms with Crippen molar-refractivity contribution < 1.29 is 19.1 Å². The molecule has 1 heterocycles. The number of amides is 1. The minimum Gasteiger partial charge on any atom is -0.457 e. The molecular weight excluding hydrogens is 350 g/mol. The van der Waals surface area contributed by atoms with Gasteiger partial charge in [-0.2, -0.15) is 0 Å². The Labute approximate surface area is 156 Å². The summed E-state index contributed by atoms with van der Waals surface area (Å²) in [5.41, 5.74) is 1.15. The van der Waals surface area contributed by atoms with Gasteiger partial charge in [0.15, 0.2) is 12.4 Å². The van der Waals surface area contributed by atoms with Gasteiger partial charge in [-0.3, -0.25) is 14.4 Å². The number of anilines is 1. The smallest absolute Gasteiger partial charge is 0.316 e. The molecular formula is C20H19NO4S. The Balaban J connectivity index is 1.51. The van der Waals surface area contributed by atoms with Crippen LogP contribution in [0.3, 0.4) is 0 Å². The molecule has 6 heteroatoms. The van der Waals surface area contributed by atoms with Crippen LogP contribution in [-0.4, -0.2) is 36.6 Å². The van der Waals surface area contributed by atoms with E-state index in [-0.39, 0.29) is 24.1 Å². The van der Waals surface area contributed by atoms with E-state index in [0.29, 0.717) is 24.2 Å². The van der Waals surface area contributed by atoms with Gasteiger partial charge in [-0.25, -0.2) is 0 Å². The summed E-state index contributed by atoms with van der Waals surface area (Å²) in [4.78, 5) is 38.6. The summed E-state index contributed by atoms with van der Waals surface area (Å²) in [6.07, 6.45) is 1.36. The third-order valence-electron chi connectivity index (χ3n) is 4.02. The molecule has 1 saturated heterocycles. The summed E-state index contributed by atoms with van der Waals surface area (Å²) < 4.78 is 5.08. The van der Waals surface area contributed by atoms with Gasteiger partial charge in [0.1, 0.15) is 0 Å². The van der Waals surface area contributed by atoms with Crippen molar-refractivity contribution in [2.24, 2.45) is 0 Å². The fourth-order valence-corrected chi connectivity index (χ4v) is 3.42. The molecule has 0 saturated carbocycles. The van der Waals surface area contributed by atoms with Gasteiger partial charge < -0.3 is 9.64 Å². The van der Waals surface area contributed by atoms with Gasteiger partial charge in [0.25, 0.3) is 0 Å². The van der Waals surface area contributed by atoms with Gasteiger partial charge in [-0.1, -0.05) is 30.3 Å². The van der Waals surface area contributed by atoms with Crippen molar-refractivity contribution in [3.8, 4) is 0 Å². The fourth-order valence-electron chi connectivity index (χ4n) is 2.70. The van der Waals surface area contributed by atoms with Crippen molar-refractivity contribution in [2.45, 2.75) is 17.7 Å². The highest BCUT2D eigenvalue weighted by molar-refractivity contribution is 8.00. The van der Waals surface area contributed by atoms with Gasteiger partial charge in [-0.15, -0.1) is 11.8 Å². The summed E-state index contributed by atoms with van der Waals surface area (Å²) in [6, 6.07) is 16.4. The molecule has 2 aromatic carbocycles. The van der Waals surface area contributed by atoms with Crippen LogP contribution in [-0.2, 0) is 14.3 Å². The van der Waals surface area contributed by atoms with Crippen LogP contribution in [0, 0.1) is 0 Å². The van der Waals surface area contributed by atoms with Crippen LogP contribution in [0.25, 0.3) is 0 Å². The molecule has 2 aromatic rings. The van der Waals surface area contributed by atoms with Crippen molar-refractivity contribution >= 4 is 35.1 Å². The van der Waals surface area contributed by atoms with Crippen LogP contribution in [0.2, 0.25) is 0 Å². The summed E-state index contributed by atoms with van der Waals surface area (Å²) in [7, 11) is 0. The van der Waals surface area contributed by atoms with Crippen LogP contribution >= 0.6 is 11.8 Å². The molecule has 1 aliphatic heterocycles. The molecule has 0 aliphatic carbocycles. The largest absolute Gasteiger partial charge is 0.457 e. The Morgan fingerprint density at radius 3 is 2.62 bits per heavy atom. The predicted molar refractivity (Wildman–Crippen MR) is 100 cm³/mol. The van der Waals surface area contributed by atoms with E-state index in [1.54, 1.807) is 23.1 Å². The number of hydrogen-bond acceptors (Lipinski definition) is 5. The maximum absolute atomic E-state index is 12.3. The van der Waals surface area contributed by atoms with E-state index >= 15 is 0 Å². The number of ketones is 1. The highest BCUT2D eigenvalue weighted by atomic mass is 32.2. The lowest BCUT2D eigenvalue weighted by Gasteiger charge is -2.16. The lowest BCUT2D eigenvalue weighted by molar-refractivity contribution is -0.139. The number of hydrogen-bond donors (Lipinski definition) is 0. The van der Waals surface area contributed by atoms with E-state index in [9.17, 15) is 14.4 Å². The normalized spacial score (nSPS) is 13.7. The van der Waals surface area contributed by atoms with Crippen molar-refractivity contribution in [3.63, 3.8) is 0 Å². The molecule has 1 aliphatic rings. The topological polar surface area (TPSA) is 63.7 Å². The number of nitrogens with zero attached hydrogens (tertiary/aromatic N) is 1. The van der Waals surface area contributed by atoms with E-state index in [1.165, 1.54) is 11.8 Å². The maximum atomic E-state index is 12.3. The minimum atomic E-state index is -0.432. The Morgan fingerprint density at radius 2 is 1.88 bits per heavy atom. The number of benzene rings is 2. The quantitative estimate of drug-likeness (QED) is 0.426. The SMILES string of the molecule is O=C(CSc1ccccc1)OCC(=O)c1cccc(N2CCCC2=O)c1. The van der Waals surface area contributed by atoms with E-state index < -0.39 is 5.97 Å². The summed E-state index contributed by atoms with van der Waals surface area (Å²) >= 11 is 1.37. The predicted octanol–water partition coefficient (Wildman–Crippen LogP) is 3.33. The molecule has 0 unspecified atom stereocenters. The molecule has 1 fully saturated rings. The second kappa shape index (κ2) is 8.67. The number of carbonyl (C=O) groups is 3. The minimum absolute atomic E-state index is 0.0685. The molecule has 0 aromatic heterocycles. The van der Waals surface area contributed by atoms with Crippen LogP contribution < -0.4 is 4.90 Å².